The first-order valence-electron chi connectivity index (χ1n) is 10.4. The van der Waals surface area contributed by atoms with Crippen LogP contribution in [0.25, 0.3) is 6.08 Å². The standard InChI is InChI=1S/C23H17ClN4O9/c1-34-18-9-13(24)7-12(20(18)37-19-6-3-14(10-25-19)28(32)33)8-16-21(29)27(23(31)26-16)11-15-4-5-17(36-15)22(30)35-2/h3-10H,11H2,1-2H3,(H,26,31)/b16-8-. The molecule has 0 spiro atoms. The maximum absolute atomic E-state index is 13.0. The molecular formula is C23H17ClN4O9. The van der Waals surface area contributed by atoms with Gasteiger partial charge in [-0.3, -0.25) is 19.8 Å². The SMILES string of the molecule is COC(=O)c1ccc(CN2C(=O)N/C(=C\c3cc(Cl)cc(OC)c3Oc3ccc([N+](=O)[O-])cn3)C2=O)o1. The largest absolute Gasteiger partial charge is 0.493 e. The lowest BCUT2D eigenvalue weighted by Gasteiger charge is -2.13. The van der Waals surface area contributed by atoms with Crippen LogP contribution >= 0.6 is 11.6 Å². The van der Waals surface area contributed by atoms with Gasteiger partial charge in [0, 0.05) is 28.8 Å². The van der Waals surface area contributed by atoms with Crippen molar-refractivity contribution in [2.45, 2.75) is 6.54 Å². The Balaban J connectivity index is 1.63. The van der Waals surface area contributed by atoms with Gasteiger partial charge >= 0.3 is 12.0 Å². The highest BCUT2D eigenvalue weighted by Gasteiger charge is 2.35. The highest BCUT2D eigenvalue weighted by molar-refractivity contribution is 6.31. The Bertz CT molecular complexity index is 1430. The first kappa shape index (κ1) is 25.2. The van der Waals surface area contributed by atoms with Crippen molar-refractivity contribution in [3.63, 3.8) is 0 Å². The number of pyridine rings is 1. The van der Waals surface area contributed by atoms with Crippen molar-refractivity contribution in [1.82, 2.24) is 15.2 Å². The quantitative estimate of drug-likeness (QED) is 0.149. The van der Waals surface area contributed by atoms with Crippen LogP contribution in [0.5, 0.6) is 17.4 Å². The summed E-state index contributed by atoms with van der Waals surface area (Å²) in [6, 6.07) is 7.52. The highest BCUT2D eigenvalue weighted by atomic mass is 35.5. The Labute approximate surface area is 213 Å². The third kappa shape index (κ3) is 5.36. The Morgan fingerprint density at radius 2 is 2.03 bits per heavy atom. The molecule has 1 fully saturated rings. The van der Waals surface area contributed by atoms with E-state index in [4.69, 9.17) is 25.5 Å². The zero-order chi connectivity index (χ0) is 26.7. The fraction of sp³-hybridized carbons (Fsp3) is 0.130. The second-order valence-corrected chi connectivity index (χ2v) is 7.81. The van der Waals surface area contributed by atoms with E-state index in [1.165, 1.54) is 56.7 Å². The maximum Gasteiger partial charge on any atom is 0.373 e. The number of benzene rings is 1. The van der Waals surface area contributed by atoms with Gasteiger partial charge in [-0.05, 0) is 24.3 Å². The number of aromatic nitrogens is 1. The van der Waals surface area contributed by atoms with Gasteiger partial charge in [0.1, 0.15) is 17.7 Å². The van der Waals surface area contributed by atoms with Crippen LogP contribution in [-0.2, 0) is 16.1 Å². The average molecular weight is 529 g/mol. The smallest absolute Gasteiger partial charge is 0.373 e. The molecule has 1 N–H and O–H groups in total. The normalized spacial score (nSPS) is 14.0. The van der Waals surface area contributed by atoms with Gasteiger partial charge in [-0.15, -0.1) is 0 Å². The summed E-state index contributed by atoms with van der Waals surface area (Å²) < 4.78 is 21.0. The van der Waals surface area contributed by atoms with Crippen LogP contribution in [0.4, 0.5) is 10.5 Å². The van der Waals surface area contributed by atoms with E-state index in [0.29, 0.717) is 0 Å². The molecule has 3 amide bonds. The van der Waals surface area contributed by atoms with E-state index in [0.717, 1.165) is 11.1 Å². The minimum Gasteiger partial charge on any atom is -0.493 e. The molecule has 14 heteroatoms. The van der Waals surface area contributed by atoms with Crippen LogP contribution in [0.2, 0.25) is 5.02 Å². The number of methoxy groups -OCH3 is 2. The summed E-state index contributed by atoms with van der Waals surface area (Å²) in [6.45, 7) is -0.242. The summed E-state index contributed by atoms with van der Waals surface area (Å²) in [7, 11) is 2.56. The number of hydrogen-bond donors (Lipinski definition) is 1. The molecule has 0 aliphatic carbocycles. The Kier molecular flexibility index (Phi) is 7.06. The molecule has 3 aromatic rings. The summed E-state index contributed by atoms with van der Waals surface area (Å²) in [5.41, 5.74) is -0.0797. The van der Waals surface area contributed by atoms with Crippen LogP contribution in [0.15, 0.2) is 52.7 Å². The van der Waals surface area contributed by atoms with Gasteiger partial charge in [0.25, 0.3) is 11.6 Å². The van der Waals surface area contributed by atoms with E-state index in [2.05, 4.69) is 15.0 Å². The number of halogens is 1. The number of ether oxygens (including phenoxy) is 3. The molecule has 37 heavy (non-hydrogen) atoms. The number of furan rings is 1. The van der Waals surface area contributed by atoms with Gasteiger partial charge in [0.05, 0.1) is 25.7 Å². The number of carbonyl (C=O) groups is 3. The number of hydrogen-bond acceptors (Lipinski definition) is 10. The molecule has 0 atom stereocenters. The molecular weight excluding hydrogens is 512 g/mol. The molecule has 2 aromatic heterocycles. The van der Waals surface area contributed by atoms with Crippen LogP contribution < -0.4 is 14.8 Å². The zero-order valence-electron chi connectivity index (χ0n) is 19.2. The minimum absolute atomic E-state index is 0.00788. The van der Waals surface area contributed by atoms with E-state index < -0.39 is 22.8 Å². The molecule has 1 saturated heterocycles. The van der Waals surface area contributed by atoms with Crippen LogP contribution in [-0.4, -0.2) is 46.9 Å². The molecule has 0 bridgehead atoms. The lowest BCUT2D eigenvalue weighted by atomic mass is 10.1. The minimum atomic E-state index is -0.722. The summed E-state index contributed by atoms with van der Waals surface area (Å²) in [5, 5.41) is 13.6. The lowest BCUT2D eigenvalue weighted by molar-refractivity contribution is -0.385. The van der Waals surface area contributed by atoms with E-state index in [1.807, 2.05) is 0 Å². The molecule has 0 saturated carbocycles. The van der Waals surface area contributed by atoms with Gasteiger partial charge in [-0.25, -0.2) is 14.6 Å². The maximum atomic E-state index is 13.0. The number of imide groups is 1. The fourth-order valence-corrected chi connectivity index (χ4v) is 3.52. The zero-order valence-corrected chi connectivity index (χ0v) is 20.0. The van der Waals surface area contributed by atoms with Crippen molar-refractivity contribution in [2.24, 2.45) is 0 Å². The van der Waals surface area contributed by atoms with Gasteiger partial charge in [-0.1, -0.05) is 11.6 Å². The summed E-state index contributed by atoms with van der Waals surface area (Å²) >= 11 is 6.20. The van der Waals surface area contributed by atoms with Crippen molar-refractivity contribution in [2.75, 3.05) is 14.2 Å². The molecule has 1 aromatic carbocycles. The number of rotatable bonds is 8. The number of esters is 1. The predicted molar refractivity (Wildman–Crippen MR) is 126 cm³/mol. The van der Waals surface area contributed by atoms with Gasteiger partial charge in [0.15, 0.2) is 11.5 Å². The number of nitrogens with zero attached hydrogens (tertiary/aromatic N) is 3. The Morgan fingerprint density at radius 1 is 1.24 bits per heavy atom. The van der Waals surface area contributed by atoms with E-state index >= 15 is 0 Å². The van der Waals surface area contributed by atoms with Gasteiger partial charge < -0.3 is 23.9 Å². The van der Waals surface area contributed by atoms with Crippen LogP contribution in [0.1, 0.15) is 21.9 Å². The summed E-state index contributed by atoms with van der Waals surface area (Å²) in [6.07, 6.45) is 2.35. The molecule has 4 rings (SSSR count). The number of amides is 3. The first-order chi connectivity index (χ1) is 17.7. The Hall–Kier alpha value is -4.91. The summed E-state index contributed by atoms with van der Waals surface area (Å²) in [5.74, 6) is -0.994. The van der Waals surface area contributed by atoms with Crippen molar-refractivity contribution in [3.8, 4) is 17.4 Å². The fourth-order valence-electron chi connectivity index (χ4n) is 3.30. The number of urea groups is 1. The lowest BCUT2D eigenvalue weighted by Crippen LogP contribution is -2.30. The van der Waals surface area contributed by atoms with E-state index in [-0.39, 0.29) is 57.4 Å². The molecule has 190 valence electrons. The van der Waals surface area contributed by atoms with Crippen molar-refractivity contribution in [3.05, 3.63) is 80.5 Å². The molecule has 1 aliphatic rings. The van der Waals surface area contributed by atoms with Crippen molar-refractivity contribution in [1.29, 1.82) is 0 Å². The molecule has 0 radical (unpaired) electrons. The summed E-state index contributed by atoms with van der Waals surface area (Å²) in [4.78, 5) is 52.2. The first-order valence-corrected chi connectivity index (χ1v) is 10.8. The number of nitro groups is 1. The van der Waals surface area contributed by atoms with Crippen LogP contribution in [0, 0.1) is 10.1 Å². The van der Waals surface area contributed by atoms with E-state index in [9.17, 15) is 24.5 Å². The second-order valence-electron chi connectivity index (χ2n) is 7.38. The third-order valence-electron chi connectivity index (χ3n) is 5.03. The van der Waals surface area contributed by atoms with Crippen LogP contribution in [0.3, 0.4) is 0 Å². The van der Waals surface area contributed by atoms with Crippen molar-refractivity contribution >= 4 is 41.3 Å². The number of nitrogens with one attached hydrogen (secondary N) is 1. The molecule has 3 heterocycles. The van der Waals surface area contributed by atoms with Gasteiger partial charge in [0.2, 0.25) is 11.6 Å². The van der Waals surface area contributed by atoms with Crippen molar-refractivity contribution < 1.29 is 37.9 Å². The average Bonchev–Trinajstić information content (AvgIpc) is 3.45. The van der Waals surface area contributed by atoms with Gasteiger partial charge in [-0.2, -0.15) is 0 Å². The number of carbonyl (C=O) groups excluding carboxylic acids is 3. The molecule has 13 nitrogen and oxygen atoms in total. The monoisotopic (exact) mass is 528 g/mol. The second kappa shape index (κ2) is 10.4. The third-order valence-corrected chi connectivity index (χ3v) is 5.25. The Morgan fingerprint density at radius 3 is 2.68 bits per heavy atom. The molecule has 0 unspecified atom stereocenters. The topological polar surface area (TPSA) is 163 Å². The predicted octanol–water partition coefficient (Wildman–Crippen LogP) is 3.92. The molecule has 1 aliphatic heterocycles. The highest BCUT2D eigenvalue weighted by Crippen LogP contribution is 2.39. The van der Waals surface area contributed by atoms with E-state index in [1.54, 1.807) is 0 Å².